The number of aryl methyl sites for hydroxylation is 1. The molecule has 0 aliphatic carbocycles. The Bertz CT molecular complexity index is 681. The van der Waals surface area contributed by atoms with Crippen LogP contribution in [0.1, 0.15) is 47.6 Å². The quantitative estimate of drug-likeness (QED) is 0.935. The number of aromatic nitrogens is 3. The zero-order chi connectivity index (χ0) is 16.8. The number of carbonyl (C=O) groups excluding carboxylic acids is 1. The second-order valence-electron chi connectivity index (χ2n) is 6.10. The molecule has 6 nitrogen and oxygen atoms in total. The lowest BCUT2D eigenvalue weighted by molar-refractivity contribution is 0.0945. The predicted octanol–water partition coefficient (Wildman–Crippen LogP) is 2.49. The standard InChI is InChI=1S/C18H23N5O/c1-14-12-16(17(24)20-13-15-8-4-5-9-19-15)22-18(21-14)23-10-6-2-3-7-11-23/h4-5,8-9,12H,2-3,6-7,10-11,13H2,1H3,(H,20,24). The van der Waals surface area contributed by atoms with E-state index < -0.39 is 0 Å². The average Bonchev–Trinajstić information content (AvgIpc) is 2.89. The third kappa shape index (κ3) is 4.28. The maximum Gasteiger partial charge on any atom is 0.270 e. The summed E-state index contributed by atoms with van der Waals surface area (Å²) in [6.07, 6.45) is 6.52. The van der Waals surface area contributed by atoms with Gasteiger partial charge in [-0.1, -0.05) is 18.9 Å². The number of carbonyl (C=O) groups is 1. The van der Waals surface area contributed by atoms with E-state index in [0.717, 1.165) is 37.3 Å². The zero-order valence-electron chi connectivity index (χ0n) is 14.0. The van der Waals surface area contributed by atoms with Gasteiger partial charge in [0.15, 0.2) is 0 Å². The van der Waals surface area contributed by atoms with Crippen LogP contribution in [0.25, 0.3) is 0 Å². The van der Waals surface area contributed by atoms with Gasteiger partial charge in [-0.05, 0) is 38.0 Å². The molecule has 0 spiro atoms. The fourth-order valence-corrected chi connectivity index (χ4v) is 2.85. The summed E-state index contributed by atoms with van der Waals surface area (Å²) in [7, 11) is 0. The first-order valence-electron chi connectivity index (χ1n) is 8.51. The van der Waals surface area contributed by atoms with E-state index >= 15 is 0 Å². The number of hydrogen-bond donors (Lipinski definition) is 1. The van der Waals surface area contributed by atoms with E-state index in [0.29, 0.717) is 18.2 Å². The van der Waals surface area contributed by atoms with Gasteiger partial charge in [-0.15, -0.1) is 0 Å². The summed E-state index contributed by atoms with van der Waals surface area (Å²) in [5, 5.41) is 2.87. The minimum Gasteiger partial charge on any atom is -0.345 e. The van der Waals surface area contributed by atoms with Gasteiger partial charge in [0.2, 0.25) is 5.95 Å². The highest BCUT2D eigenvalue weighted by atomic mass is 16.1. The van der Waals surface area contributed by atoms with E-state index in [-0.39, 0.29) is 5.91 Å². The molecule has 1 amide bonds. The van der Waals surface area contributed by atoms with Crippen molar-refractivity contribution in [1.29, 1.82) is 0 Å². The Labute approximate surface area is 142 Å². The number of hydrogen-bond acceptors (Lipinski definition) is 5. The number of nitrogens with one attached hydrogen (secondary N) is 1. The summed E-state index contributed by atoms with van der Waals surface area (Å²) >= 11 is 0. The van der Waals surface area contributed by atoms with Crippen molar-refractivity contribution in [2.45, 2.75) is 39.2 Å². The highest BCUT2D eigenvalue weighted by Gasteiger charge is 2.16. The van der Waals surface area contributed by atoms with Crippen molar-refractivity contribution in [2.24, 2.45) is 0 Å². The molecule has 24 heavy (non-hydrogen) atoms. The van der Waals surface area contributed by atoms with Gasteiger partial charge in [-0.25, -0.2) is 9.97 Å². The minimum atomic E-state index is -0.192. The molecule has 0 unspecified atom stereocenters. The van der Waals surface area contributed by atoms with Crippen LogP contribution in [0.5, 0.6) is 0 Å². The third-order valence-electron chi connectivity index (χ3n) is 4.12. The molecule has 3 heterocycles. The van der Waals surface area contributed by atoms with E-state index in [1.165, 1.54) is 12.8 Å². The fraction of sp³-hybridized carbons (Fsp3) is 0.444. The van der Waals surface area contributed by atoms with E-state index in [4.69, 9.17) is 0 Å². The molecule has 2 aromatic heterocycles. The smallest absolute Gasteiger partial charge is 0.270 e. The Morgan fingerprint density at radius 2 is 1.96 bits per heavy atom. The van der Waals surface area contributed by atoms with Crippen molar-refractivity contribution in [3.8, 4) is 0 Å². The summed E-state index contributed by atoms with van der Waals surface area (Å²) in [4.78, 5) is 27.8. The average molecular weight is 325 g/mol. The SMILES string of the molecule is Cc1cc(C(=O)NCc2ccccn2)nc(N2CCCCCC2)n1. The molecule has 1 saturated heterocycles. The van der Waals surface area contributed by atoms with E-state index in [1.807, 2.05) is 25.1 Å². The Hall–Kier alpha value is -2.50. The zero-order valence-corrected chi connectivity index (χ0v) is 14.0. The highest BCUT2D eigenvalue weighted by Crippen LogP contribution is 2.16. The second kappa shape index (κ2) is 7.86. The molecule has 1 N–H and O–H groups in total. The maximum atomic E-state index is 12.4. The molecule has 126 valence electrons. The molecule has 0 radical (unpaired) electrons. The van der Waals surface area contributed by atoms with Crippen LogP contribution in [-0.4, -0.2) is 33.9 Å². The highest BCUT2D eigenvalue weighted by molar-refractivity contribution is 5.92. The van der Waals surface area contributed by atoms with Gasteiger partial charge in [0.25, 0.3) is 5.91 Å². The Kier molecular flexibility index (Phi) is 5.36. The monoisotopic (exact) mass is 325 g/mol. The van der Waals surface area contributed by atoms with Crippen LogP contribution in [0.4, 0.5) is 5.95 Å². The normalized spacial score (nSPS) is 15.0. The summed E-state index contributed by atoms with van der Waals surface area (Å²) < 4.78 is 0. The first kappa shape index (κ1) is 16.4. The molecule has 6 heteroatoms. The maximum absolute atomic E-state index is 12.4. The topological polar surface area (TPSA) is 71.0 Å². The van der Waals surface area contributed by atoms with Gasteiger partial charge in [-0.2, -0.15) is 0 Å². The molecule has 1 aliphatic rings. The Morgan fingerprint density at radius 1 is 1.17 bits per heavy atom. The van der Waals surface area contributed by atoms with Crippen molar-refractivity contribution < 1.29 is 4.79 Å². The van der Waals surface area contributed by atoms with Gasteiger partial charge in [0.1, 0.15) is 5.69 Å². The van der Waals surface area contributed by atoms with Crippen LogP contribution in [-0.2, 0) is 6.54 Å². The van der Waals surface area contributed by atoms with Gasteiger partial charge in [0, 0.05) is 25.0 Å². The lowest BCUT2D eigenvalue weighted by Gasteiger charge is -2.20. The predicted molar refractivity (Wildman–Crippen MR) is 92.9 cm³/mol. The molecule has 0 aromatic carbocycles. The molecule has 2 aromatic rings. The van der Waals surface area contributed by atoms with Crippen molar-refractivity contribution in [3.63, 3.8) is 0 Å². The lowest BCUT2D eigenvalue weighted by Crippen LogP contribution is -2.29. The summed E-state index contributed by atoms with van der Waals surface area (Å²) in [5.41, 5.74) is 2.05. The van der Waals surface area contributed by atoms with E-state index in [2.05, 4.69) is 25.2 Å². The fourth-order valence-electron chi connectivity index (χ4n) is 2.85. The van der Waals surface area contributed by atoms with Gasteiger partial charge < -0.3 is 10.2 Å². The first-order valence-corrected chi connectivity index (χ1v) is 8.51. The van der Waals surface area contributed by atoms with Crippen LogP contribution < -0.4 is 10.2 Å². The van der Waals surface area contributed by atoms with Crippen LogP contribution in [0.15, 0.2) is 30.5 Å². The Morgan fingerprint density at radius 3 is 2.67 bits per heavy atom. The minimum absolute atomic E-state index is 0.192. The molecule has 1 aliphatic heterocycles. The molecule has 0 atom stereocenters. The van der Waals surface area contributed by atoms with Crippen molar-refractivity contribution >= 4 is 11.9 Å². The summed E-state index contributed by atoms with van der Waals surface area (Å²) in [6.45, 7) is 4.21. The number of pyridine rings is 1. The van der Waals surface area contributed by atoms with Crippen molar-refractivity contribution in [1.82, 2.24) is 20.3 Å². The molecular weight excluding hydrogens is 302 g/mol. The number of rotatable bonds is 4. The number of anilines is 1. The molecule has 0 saturated carbocycles. The molecule has 1 fully saturated rings. The summed E-state index contributed by atoms with van der Waals surface area (Å²) in [5.74, 6) is 0.474. The largest absolute Gasteiger partial charge is 0.345 e. The lowest BCUT2D eigenvalue weighted by atomic mass is 10.2. The molecular formula is C18H23N5O. The first-order chi connectivity index (χ1) is 11.7. The number of nitrogens with zero attached hydrogens (tertiary/aromatic N) is 4. The van der Waals surface area contributed by atoms with E-state index in [1.54, 1.807) is 12.3 Å². The third-order valence-corrected chi connectivity index (χ3v) is 4.12. The van der Waals surface area contributed by atoms with Crippen LogP contribution in [0, 0.1) is 6.92 Å². The van der Waals surface area contributed by atoms with Gasteiger partial charge in [0.05, 0.1) is 12.2 Å². The molecule has 3 rings (SSSR count). The summed E-state index contributed by atoms with van der Waals surface area (Å²) in [6, 6.07) is 7.37. The van der Waals surface area contributed by atoms with E-state index in [9.17, 15) is 4.79 Å². The Balaban J connectivity index is 1.71. The molecule has 0 bridgehead atoms. The van der Waals surface area contributed by atoms with Crippen LogP contribution in [0.3, 0.4) is 0 Å². The second-order valence-corrected chi connectivity index (χ2v) is 6.10. The van der Waals surface area contributed by atoms with Gasteiger partial charge >= 0.3 is 0 Å². The van der Waals surface area contributed by atoms with Crippen molar-refractivity contribution in [3.05, 3.63) is 47.5 Å². The van der Waals surface area contributed by atoms with Gasteiger partial charge in [-0.3, -0.25) is 9.78 Å². The van der Waals surface area contributed by atoms with Crippen molar-refractivity contribution in [2.75, 3.05) is 18.0 Å². The van der Waals surface area contributed by atoms with Crippen LogP contribution >= 0.6 is 0 Å². The van der Waals surface area contributed by atoms with Crippen LogP contribution in [0.2, 0.25) is 0 Å². The number of amides is 1.